The standard InChI is InChI=1S/C18H25N5O2/c24-18(20-7-9-22-8-6-19-15-22)21-12-17-14-23(10-11-25-17)13-16-4-2-1-3-5-16/h1-6,8,15,17H,7,9-14H2,(H2,20,21,24)/t17-/m0/s1. The number of carbonyl (C=O) groups excluding carboxylic acids is 1. The average molecular weight is 343 g/mol. The fraction of sp³-hybridized carbons (Fsp3) is 0.444. The highest BCUT2D eigenvalue weighted by Gasteiger charge is 2.20. The second-order valence-electron chi connectivity index (χ2n) is 6.15. The first-order valence-electron chi connectivity index (χ1n) is 8.65. The fourth-order valence-electron chi connectivity index (χ4n) is 2.88. The van der Waals surface area contributed by atoms with Gasteiger partial charge in [0.1, 0.15) is 0 Å². The molecule has 7 nitrogen and oxygen atoms in total. The first-order valence-corrected chi connectivity index (χ1v) is 8.65. The highest BCUT2D eigenvalue weighted by molar-refractivity contribution is 5.73. The molecule has 1 aromatic carbocycles. The number of morpholine rings is 1. The van der Waals surface area contributed by atoms with E-state index in [0.717, 1.165) is 19.6 Å². The van der Waals surface area contributed by atoms with Gasteiger partial charge >= 0.3 is 6.03 Å². The van der Waals surface area contributed by atoms with Crippen molar-refractivity contribution >= 4 is 6.03 Å². The molecular weight excluding hydrogens is 318 g/mol. The Morgan fingerprint density at radius 2 is 2.16 bits per heavy atom. The summed E-state index contributed by atoms with van der Waals surface area (Å²) in [7, 11) is 0. The Labute approximate surface area is 148 Å². The zero-order chi connectivity index (χ0) is 17.3. The number of hydrogen-bond acceptors (Lipinski definition) is 4. The minimum Gasteiger partial charge on any atom is -0.374 e. The van der Waals surface area contributed by atoms with E-state index in [1.807, 2.05) is 16.8 Å². The number of nitrogens with one attached hydrogen (secondary N) is 2. The number of imidazole rings is 1. The molecule has 7 heteroatoms. The number of carbonyl (C=O) groups is 1. The second-order valence-corrected chi connectivity index (χ2v) is 6.15. The Morgan fingerprint density at radius 1 is 1.28 bits per heavy atom. The topological polar surface area (TPSA) is 71.4 Å². The third kappa shape index (κ3) is 5.88. The number of amides is 2. The molecule has 25 heavy (non-hydrogen) atoms. The van der Waals surface area contributed by atoms with E-state index in [2.05, 4.69) is 44.8 Å². The van der Waals surface area contributed by atoms with Crippen LogP contribution in [-0.2, 0) is 17.8 Å². The van der Waals surface area contributed by atoms with Crippen LogP contribution >= 0.6 is 0 Å². The van der Waals surface area contributed by atoms with Gasteiger partial charge in [0.25, 0.3) is 0 Å². The van der Waals surface area contributed by atoms with Crippen molar-refractivity contribution in [1.82, 2.24) is 25.1 Å². The molecule has 1 saturated heterocycles. The summed E-state index contributed by atoms with van der Waals surface area (Å²) >= 11 is 0. The predicted octanol–water partition coefficient (Wildman–Crippen LogP) is 1.08. The van der Waals surface area contributed by atoms with E-state index < -0.39 is 0 Å². The lowest BCUT2D eigenvalue weighted by atomic mass is 10.2. The Balaban J connectivity index is 1.34. The first-order chi connectivity index (χ1) is 12.3. The van der Waals surface area contributed by atoms with Crippen molar-refractivity contribution in [2.75, 3.05) is 32.8 Å². The second kappa shape index (κ2) is 9.19. The fourth-order valence-corrected chi connectivity index (χ4v) is 2.88. The number of benzene rings is 1. The van der Waals surface area contributed by atoms with E-state index in [4.69, 9.17) is 4.74 Å². The Hall–Kier alpha value is -2.38. The number of ether oxygens (including phenoxy) is 1. The lowest BCUT2D eigenvalue weighted by molar-refractivity contribution is -0.0287. The average Bonchev–Trinajstić information content (AvgIpc) is 3.15. The van der Waals surface area contributed by atoms with Crippen molar-refractivity contribution in [3.63, 3.8) is 0 Å². The summed E-state index contributed by atoms with van der Waals surface area (Å²) in [5.74, 6) is 0. The highest BCUT2D eigenvalue weighted by atomic mass is 16.5. The van der Waals surface area contributed by atoms with Crippen LogP contribution in [0.1, 0.15) is 5.56 Å². The van der Waals surface area contributed by atoms with Crippen LogP contribution in [0.3, 0.4) is 0 Å². The van der Waals surface area contributed by atoms with Crippen LogP contribution in [-0.4, -0.2) is 59.4 Å². The summed E-state index contributed by atoms with van der Waals surface area (Å²) in [4.78, 5) is 18.2. The number of nitrogens with zero attached hydrogens (tertiary/aromatic N) is 3. The molecule has 1 atom stereocenters. The minimum atomic E-state index is -0.163. The van der Waals surface area contributed by atoms with Gasteiger partial charge < -0.3 is 19.9 Å². The van der Waals surface area contributed by atoms with E-state index in [9.17, 15) is 4.79 Å². The van der Waals surface area contributed by atoms with Crippen LogP contribution in [0, 0.1) is 0 Å². The summed E-state index contributed by atoms with van der Waals surface area (Å²) in [6.07, 6.45) is 5.35. The smallest absolute Gasteiger partial charge is 0.314 e. The molecule has 1 aliphatic heterocycles. The zero-order valence-corrected chi connectivity index (χ0v) is 14.3. The minimum absolute atomic E-state index is 0.0249. The van der Waals surface area contributed by atoms with Gasteiger partial charge in [0.2, 0.25) is 0 Å². The molecule has 1 fully saturated rings. The maximum absolute atomic E-state index is 11.9. The molecule has 1 aromatic heterocycles. The van der Waals surface area contributed by atoms with Gasteiger partial charge in [-0.05, 0) is 5.56 Å². The summed E-state index contributed by atoms with van der Waals surface area (Å²) in [5.41, 5.74) is 1.30. The molecule has 2 N–H and O–H groups in total. The molecule has 0 aliphatic carbocycles. The maximum atomic E-state index is 11.9. The summed E-state index contributed by atoms with van der Waals surface area (Å²) < 4.78 is 7.69. The Morgan fingerprint density at radius 3 is 2.96 bits per heavy atom. The predicted molar refractivity (Wildman–Crippen MR) is 95.1 cm³/mol. The number of rotatable bonds is 7. The number of urea groups is 1. The van der Waals surface area contributed by atoms with Gasteiger partial charge in [-0.15, -0.1) is 0 Å². The molecule has 2 heterocycles. The largest absolute Gasteiger partial charge is 0.374 e. The number of aromatic nitrogens is 2. The van der Waals surface area contributed by atoms with Gasteiger partial charge in [0.05, 0.1) is 19.0 Å². The normalized spacial score (nSPS) is 18.0. The van der Waals surface area contributed by atoms with Crippen molar-refractivity contribution in [3.05, 3.63) is 54.6 Å². The first kappa shape index (κ1) is 17.4. The van der Waals surface area contributed by atoms with Crippen molar-refractivity contribution in [2.24, 2.45) is 0 Å². The molecular formula is C18H25N5O2. The van der Waals surface area contributed by atoms with Crippen molar-refractivity contribution in [3.8, 4) is 0 Å². The van der Waals surface area contributed by atoms with Crippen LogP contribution in [0.2, 0.25) is 0 Å². The van der Waals surface area contributed by atoms with E-state index in [-0.39, 0.29) is 12.1 Å². The van der Waals surface area contributed by atoms with Crippen molar-refractivity contribution < 1.29 is 9.53 Å². The Bertz CT molecular complexity index is 632. The Kier molecular flexibility index (Phi) is 6.42. The molecule has 1 aliphatic rings. The summed E-state index contributed by atoms with van der Waals surface area (Å²) in [6, 6.07) is 10.3. The molecule has 0 spiro atoms. The molecule has 2 amide bonds. The van der Waals surface area contributed by atoms with Gasteiger partial charge in [-0.2, -0.15) is 0 Å². The van der Waals surface area contributed by atoms with Gasteiger partial charge in [-0.25, -0.2) is 9.78 Å². The molecule has 0 saturated carbocycles. The third-order valence-electron chi connectivity index (χ3n) is 4.18. The summed E-state index contributed by atoms with van der Waals surface area (Å²) in [6.45, 7) is 5.14. The van der Waals surface area contributed by atoms with Gasteiger partial charge in [-0.1, -0.05) is 30.3 Å². The monoisotopic (exact) mass is 343 g/mol. The van der Waals surface area contributed by atoms with Gasteiger partial charge in [-0.3, -0.25) is 4.90 Å². The van der Waals surface area contributed by atoms with E-state index in [1.54, 1.807) is 12.5 Å². The van der Waals surface area contributed by atoms with Gasteiger partial charge in [0, 0.05) is 51.7 Å². The SMILES string of the molecule is O=C(NCCn1ccnc1)NC[C@H]1CN(Cc2ccccc2)CCO1. The van der Waals surface area contributed by atoms with Crippen LogP contribution in [0.4, 0.5) is 4.79 Å². The van der Waals surface area contributed by atoms with Crippen LogP contribution < -0.4 is 10.6 Å². The zero-order valence-electron chi connectivity index (χ0n) is 14.3. The van der Waals surface area contributed by atoms with Crippen LogP contribution in [0.5, 0.6) is 0 Å². The maximum Gasteiger partial charge on any atom is 0.314 e. The van der Waals surface area contributed by atoms with Crippen LogP contribution in [0.25, 0.3) is 0 Å². The van der Waals surface area contributed by atoms with Crippen LogP contribution in [0.15, 0.2) is 49.1 Å². The molecule has 0 radical (unpaired) electrons. The summed E-state index contributed by atoms with van der Waals surface area (Å²) in [5, 5.41) is 5.73. The lowest BCUT2D eigenvalue weighted by Gasteiger charge is -2.33. The highest BCUT2D eigenvalue weighted by Crippen LogP contribution is 2.10. The number of hydrogen-bond donors (Lipinski definition) is 2. The van der Waals surface area contributed by atoms with E-state index in [1.165, 1.54) is 5.56 Å². The van der Waals surface area contributed by atoms with E-state index >= 15 is 0 Å². The molecule has 0 bridgehead atoms. The van der Waals surface area contributed by atoms with Crippen molar-refractivity contribution in [1.29, 1.82) is 0 Å². The molecule has 0 unspecified atom stereocenters. The quantitative estimate of drug-likeness (QED) is 0.789. The van der Waals surface area contributed by atoms with Gasteiger partial charge in [0.15, 0.2) is 0 Å². The van der Waals surface area contributed by atoms with E-state index in [0.29, 0.717) is 26.2 Å². The molecule has 134 valence electrons. The molecule has 3 rings (SSSR count). The third-order valence-corrected chi connectivity index (χ3v) is 4.18. The lowest BCUT2D eigenvalue weighted by Crippen LogP contribution is -2.49. The molecule has 2 aromatic rings. The van der Waals surface area contributed by atoms with Crippen molar-refractivity contribution in [2.45, 2.75) is 19.2 Å².